The number of nitrogens with one attached hydrogen (secondary N) is 1. The number of aliphatic hydroxyl groups is 3. The van der Waals surface area contributed by atoms with E-state index in [0.717, 1.165) is 27.8 Å². The van der Waals surface area contributed by atoms with Crippen LogP contribution in [-0.4, -0.2) is 121 Å². The first kappa shape index (κ1) is 32.5. The van der Waals surface area contributed by atoms with Crippen LogP contribution >= 0.6 is 0 Å². The van der Waals surface area contributed by atoms with E-state index in [2.05, 4.69) is 5.32 Å². The third kappa shape index (κ3) is 6.21. The minimum absolute atomic E-state index is 0.112. The van der Waals surface area contributed by atoms with Crippen LogP contribution < -0.4 is 5.32 Å². The number of hydrogen-bond acceptors (Lipinski definition) is 10. The lowest BCUT2D eigenvalue weighted by Crippen LogP contribution is -2.78. The van der Waals surface area contributed by atoms with Crippen molar-refractivity contribution in [1.29, 1.82) is 0 Å². The Morgan fingerprint density at radius 1 is 0.897 bits per heavy atom. The van der Waals surface area contributed by atoms with E-state index < -0.39 is 95.9 Å². The van der Waals surface area contributed by atoms with E-state index in [4.69, 9.17) is 2.74 Å². The molecule has 7 atom stereocenters. The molecule has 0 saturated carbocycles. The summed E-state index contributed by atoms with van der Waals surface area (Å²) in [6.45, 7) is 9.43. The van der Waals surface area contributed by atoms with Gasteiger partial charge in [-0.25, -0.2) is 4.79 Å². The summed E-state index contributed by atoms with van der Waals surface area (Å²) in [5.41, 5.74) is -9.15. The van der Waals surface area contributed by atoms with Crippen LogP contribution in [-0.2, 0) is 28.8 Å². The normalized spacial score (nSPS) is 20.0. The van der Waals surface area contributed by atoms with Crippen molar-refractivity contribution in [3.05, 3.63) is 0 Å². The highest BCUT2D eigenvalue weighted by molar-refractivity contribution is 6.30. The first-order valence-corrected chi connectivity index (χ1v) is 12.5. The largest absolute Gasteiger partial charge is 0.479 e. The fourth-order valence-electron chi connectivity index (χ4n) is 4.52. The topological polar surface area (TPSA) is 202 Å². The lowest BCUT2D eigenvalue weighted by molar-refractivity contribution is -0.180. The molecule has 0 unspecified atom stereocenters. The molecule has 13 nitrogen and oxygen atoms in total. The number of hydrogen-bond donors (Lipinski definition) is 5. The maximum Gasteiger partial charge on any atom is 0.343 e. The van der Waals surface area contributed by atoms with Crippen LogP contribution in [0.4, 0.5) is 0 Å². The van der Waals surface area contributed by atoms with Gasteiger partial charge in [0.05, 0.1) is 6.04 Å². The maximum atomic E-state index is 15.0. The zero-order valence-corrected chi connectivity index (χ0v) is 24.1. The number of carboxylic acids is 1. The monoisotopic (exact) mass is 561 g/mol. The molecule has 0 saturated heterocycles. The van der Waals surface area contributed by atoms with Crippen molar-refractivity contribution in [1.82, 2.24) is 15.1 Å². The molecule has 5 N–H and O–H groups in total. The molecule has 0 rings (SSSR count). The van der Waals surface area contributed by atoms with Gasteiger partial charge in [0.2, 0.25) is 11.4 Å². The van der Waals surface area contributed by atoms with Gasteiger partial charge in [0.25, 0.3) is 11.8 Å². The quantitative estimate of drug-likeness (QED) is 0.153. The average molecular weight is 562 g/mol. The van der Waals surface area contributed by atoms with Crippen molar-refractivity contribution >= 4 is 35.1 Å². The molecule has 0 aromatic carbocycles. The van der Waals surface area contributed by atoms with E-state index in [-0.39, 0.29) is 6.42 Å². The molecule has 0 radical (unpaired) electrons. The van der Waals surface area contributed by atoms with Crippen molar-refractivity contribution in [2.24, 2.45) is 11.8 Å². The first-order chi connectivity index (χ1) is 18.6. The van der Waals surface area contributed by atoms with E-state index in [0.29, 0.717) is 16.7 Å². The molecular weight excluding hydrogens is 514 g/mol. The van der Waals surface area contributed by atoms with Crippen LogP contribution in [0.1, 0.15) is 64.6 Å². The first-order valence-electron chi connectivity index (χ1n) is 13.9. The summed E-state index contributed by atoms with van der Waals surface area (Å²) in [7, 11) is -0.700. The second kappa shape index (κ2) is 13.1. The van der Waals surface area contributed by atoms with Gasteiger partial charge in [-0.15, -0.1) is 0 Å². The molecular formula is C26H45N3O10. The molecule has 0 heterocycles. The Balaban J connectivity index is 8.34. The van der Waals surface area contributed by atoms with Crippen LogP contribution in [0.3, 0.4) is 0 Å². The van der Waals surface area contributed by atoms with Crippen LogP contribution in [0.5, 0.6) is 0 Å². The number of carboxylic acid groups (broad SMARTS) is 1. The highest BCUT2D eigenvalue weighted by Gasteiger charge is 2.67. The summed E-state index contributed by atoms with van der Waals surface area (Å²) in [6, 6.07) is -1.33. The third-order valence-electron chi connectivity index (χ3n) is 7.35. The van der Waals surface area contributed by atoms with Crippen LogP contribution in [0.15, 0.2) is 0 Å². The molecule has 0 aromatic rings. The highest BCUT2D eigenvalue weighted by atomic mass is 16.4. The van der Waals surface area contributed by atoms with Gasteiger partial charge in [0.1, 0.15) is 12.2 Å². The Morgan fingerprint density at radius 2 is 1.36 bits per heavy atom. The molecule has 0 spiro atoms. The molecule has 0 fully saturated rings. The number of likely N-dealkylation sites (N-methyl/N-ethyl adjacent to an activating group) is 3. The van der Waals surface area contributed by atoms with Gasteiger partial charge in [-0.3, -0.25) is 24.0 Å². The van der Waals surface area contributed by atoms with Crippen LogP contribution in [0, 0.1) is 11.8 Å². The lowest BCUT2D eigenvalue weighted by Gasteiger charge is -2.51. The highest BCUT2D eigenvalue weighted by Crippen LogP contribution is 2.39. The molecule has 13 heteroatoms. The Kier molecular flexibility index (Phi) is 10.9. The van der Waals surface area contributed by atoms with Gasteiger partial charge in [-0.05, 0) is 46.6 Å². The van der Waals surface area contributed by atoms with E-state index in [9.17, 15) is 44.4 Å². The minimum Gasteiger partial charge on any atom is -0.479 e. The summed E-state index contributed by atoms with van der Waals surface area (Å²) >= 11 is 0. The molecule has 2 amide bonds. The smallest absolute Gasteiger partial charge is 0.343 e. The van der Waals surface area contributed by atoms with Crippen molar-refractivity contribution in [2.75, 3.05) is 21.1 Å². The zero-order chi connectivity index (χ0) is 32.8. The number of Topliss-reactive ketones (excluding diaryl/α,β-unsaturated/α-hetero) is 3. The number of ketones is 3. The molecule has 0 aliphatic carbocycles. The minimum atomic E-state index is -3.31. The van der Waals surface area contributed by atoms with E-state index in [1.807, 2.05) is 0 Å². The second-order valence-corrected chi connectivity index (χ2v) is 10.5. The lowest BCUT2D eigenvalue weighted by atomic mass is 9.63. The Labute approximate surface area is 232 Å². The van der Waals surface area contributed by atoms with Crippen molar-refractivity contribution in [3.8, 4) is 0 Å². The Morgan fingerprint density at radius 3 is 1.69 bits per heavy atom. The standard InChI is InChI=1S/C26H45N3O10/c1-12-14(4)26(29(11)20(34)16(6)31,22(36)25(8,39)23(37)38)21(35)24(7,28(10)19(33)15(5)30)18(32)17(27-9)13(2)3/h13-17,27,30-31,39H,12H2,1-11H3,(H,37,38)/t14-,15-,16-,17-,24+,25-,26+/m0/s1/i9D,10D. The number of nitrogens with zero attached hydrogens (tertiary/aromatic N) is 2. The summed E-state index contributed by atoms with van der Waals surface area (Å²) in [6.07, 6.45) is -3.78. The van der Waals surface area contributed by atoms with Crippen molar-refractivity contribution in [3.63, 3.8) is 0 Å². The number of aliphatic carboxylic acids is 1. The van der Waals surface area contributed by atoms with Crippen molar-refractivity contribution in [2.45, 2.75) is 96.7 Å². The predicted octanol–water partition coefficient (Wildman–Crippen LogP) is -1.00. The number of rotatable bonds is 15. The average Bonchev–Trinajstić information content (AvgIpc) is 2.89. The zero-order valence-electron chi connectivity index (χ0n) is 26.1. The molecule has 0 aliphatic heterocycles. The van der Waals surface area contributed by atoms with E-state index >= 15 is 4.79 Å². The Hall–Kier alpha value is -2.74. The molecule has 224 valence electrons. The molecule has 0 aromatic heterocycles. The summed E-state index contributed by atoms with van der Waals surface area (Å²) in [4.78, 5) is 82.8. The maximum absolute atomic E-state index is 15.0. The second-order valence-electron chi connectivity index (χ2n) is 10.5. The molecule has 0 bridgehead atoms. The van der Waals surface area contributed by atoms with Crippen LogP contribution in [0.2, 0.25) is 0 Å². The van der Waals surface area contributed by atoms with E-state index in [1.165, 1.54) is 13.8 Å². The Bertz CT molecular complexity index is 1020. The molecule has 39 heavy (non-hydrogen) atoms. The van der Waals surface area contributed by atoms with Gasteiger partial charge in [0.15, 0.2) is 22.6 Å². The summed E-state index contributed by atoms with van der Waals surface area (Å²) < 4.78 is 15.7. The molecule has 0 aliphatic rings. The SMILES string of the molecule is [2H]CN[C@H](C(=O)[C@](C)(C(=O)[C@@](C(=O)[C@](C)(O)C(=O)O)([C@@H](C)CC)N(C)C(=O)[C@H](C)O)N(C[2H])C(=O)[C@H](C)O)C(C)C. The fraction of sp³-hybridized carbons (Fsp3) is 0.769. The third-order valence-corrected chi connectivity index (χ3v) is 7.35. The van der Waals surface area contributed by atoms with Gasteiger partial charge in [-0.1, -0.05) is 34.1 Å². The number of amides is 2. The van der Waals surface area contributed by atoms with Crippen LogP contribution in [0.25, 0.3) is 0 Å². The summed E-state index contributed by atoms with van der Waals surface area (Å²) in [5, 5.41) is 43.4. The predicted molar refractivity (Wildman–Crippen MR) is 140 cm³/mol. The van der Waals surface area contributed by atoms with Gasteiger partial charge in [-0.2, -0.15) is 0 Å². The van der Waals surface area contributed by atoms with Crippen molar-refractivity contribution < 1.29 is 51.9 Å². The van der Waals surface area contributed by atoms with Gasteiger partial charge < -0.3 is 35.5 Å². The fourth-order valence-corrected chi connectivity index (χ4v) is 4.52. The summed E-state index contributed by atoms with van der Waals surface area (Å²) in [5.74, 6) is -10.9. The number of aliphatic hydroxyl groups excluding tert-OH is 2. The number of carbonyl (C=O) groups excluding carboxylic acids is 5. The van der Waals surface area contributed by atoms with E-state index in [1.54, 1.807) is 13.8 Å². The van der Waals surface area contributed by atoms with Gasteiger partial charge >= 0.3 is 5.97 Å². The number of carbonyl (C=O) groups is 6. The van der Waals surface area contributed by atoms with Gasteiger partial charge in [0, 0.05) is 16.8 Å².